The summed E-state index contributed by atoms with van der Waals surface area (Å²) in [6, 6.07) is 15.4. The first-order chi connectivity index (χ1) is 20.4. The second kappa shape index (κ2) is 13.2. The van der Waals surface area contributed by atoms with Crippen LogP contribution >= 0.6 is 46.4 Å². The Morgan fingerprint density at radius 3 is 2.05 bits per heavy atom. The van der Waals surface area contributed by atoms with E-state index in [0.717, 1.165) is 11.1 Å². The Morgan fingerprint density at radius 2 is 1.44 bits per heavy atom. The molecule has 3 nitrogen and oxygen atoms in total. The van der Waals surface area contributed by atoms with Crippen molar-refractivity contribution in [1.82, 2.24) is 5.32 Å². The molecule has 0 aromatic heterocycles. The number of allylic oxidation sites excluding steroid dienone is 8. The van der Waals surface area contributed by atoms with Crippen LogP contribution in [0.3, 0.4) is 0 Å². The molecule has 7 unspecified atom stereocenters. The van der Waals surface area contributed by atoms with Gasteiger partial charge in [0.15, 0.2) is 0 Å². The van der Waals surface area contributed by atoms with Crippen LogP contribution in [0.5, 0.6) is 0 Å². The Kier molecular flexibility index (Phi) is 9.90. The monoisotopic (exact) mass is 657 g/mol. The Hall–Kier alpha value is -2.01. The highest BCUT2D eigenvalue weighted by molar-refractivity contribution is 6.31. The summed E-state index contributed by atoms with van der Waals surface area (Å²) in [5, 5.41) is 4.73. The van der Waals surface area contributed by atoms with Gasteiger partial charge in [-0.3, -0.25) is 4.79 Å². The van der Waals surface area contributed by atoms with E-state index in [9.17, 15) is 4.79 Å². The van der Waals surface area contributed by atoms with Crippen LogP contribution in [0.15, 0.2) is 97.1 Å². The van der Waals surface area contributed by atoms with Gasteiger partial charge in [-0.25, -0.2) is 0 Å². The second-order valence-corrected chi connectivity index (χ2v) is 14.9. The number of halogens is 4. The Labute approximate surface area is 276 Å². The van der Waals surface area contributed by atoms with E-state index in [-0.39, 0.29) is 41.2 Å². The van der Waals surface area contributed by atoms with E-state index < -0.39 is 9.75 Å². The van der Waals surface area contributed by atoms with Gasteiger partial charge >= 0.3 is 0 Å². The average molecular weight is 660 g/mol. The number of carbonyl (C=O) groups is 1. The molecule has 3 aliphatic rings. The van der Waals surface area contributed by atoms with Gasteiger partial charge in [-0.1, -0.05) is 96.1 Å². The zero-order valence-corrected chi connectivity index (χ0v) is 27.8. The highest BCUT2D eigenvalue weighted by Crippen LogP contribution is 2.52. The summed E-state index contributed by atoms with van der Waals surface area (Å²) in [4.78, 5) is 12.1. The molecule has 7 atom stereocenters. The minimum atomic E-state index is -0.883. The van der Waals surface area contributed by atoms with Crippen LogP contribution in [0, 0.1) is 11.8 Å². The lowest BCUT2D eigenvalue weighted by molar-refractivity contribution is -0.136. The highest BCUT2D eigenvalue weighted by Gasteiger charge is 2.50. The molecule has 1 fully saturated rings. The van der Waals surface area contributed by atoms with Gasteiger partial charge in [0.05, 0.1) is 15.3 Å². The zero-order chi connectivity index (χ0) is 30.8. The summed E-state index contributed by atoms with van der Waals surface area (Å²) < 4.78 is 5.89. The molecule has 2 aromatic rings. The molecule has 2 aliphatic carbocycles. The van der Waals surface area contributed by atoms with Gasteiger partial charge in [-0.2, -0.15) is 0 Å². The summed E-state index contributed by atoms with van der Waals surface area (Å²) in [5.74, 6) is -0.632. The summed E-state index contributed by atoms with van der Waals surface area (Å²) in [5.41, 5.74) is 1.78. The smallest absolute Gasteiger partial charge is 0.223 e. The number of hydrogen-bond donors (Lipinski definition) is 1. The molecule has 1 aliphatic heterocycles. The second-order valence-electron chi connectivity index (χ2n) is 12.7. The number of hydrogen-bond acceptors (Lipinski definition) is 2. The SMILES string of the molecule is CC(NC(=O)C1CCOC(C)(C)C1)C(CC1(Cl)C=CC=CC1c1ccc(Cl)cc1)C1(Cl)C=CC=CC1c1ccc(Cl)cc1. The number of ether oxygens (including phenoxy) is 1. The molecule has 0 spiro atoms. The van der Waals surface area contributed by atoms with Crippen LogP contribution in [0.25, 0.3) is 0 Å². The normalized spacial score (nSPS) is 31.0. The van der Waals surface area contributed by atoms with Crippen LogP contribution in [-0.4, -0.2) is 33.9 Å². The van der Waals surface area contributed by atoms with E-state index in [1.54, 1.807) is 0 Å². The summed E-state index contributed by atoms with van der Waals surface area (Å²) in [7, 11) is 0. The molecule has 5 rings (SSSR count). The Bertz CT molecular complexity index is 1410. The average Bonchev–Trinajstić information content (AvgIpc) is 2.97. The summed E-state index contributed by atoms with van der Waals surface area (Å²) in [6.45, 7) is 6.71. The standard InChI is InChI=1S/C36H39Cl4NO2/c1-24(41-33(42)27-18-21-43-34(2,3)22-27)32(36(40)20-7-5-9-31(36)26-12-16-29(38)17-13-26)23-35(39)19-6-4-8-30(35)25-10-14-28(37)15-11-25/h4-17,19-20,24,27,30-32H,18,21-23H2,1-3H3,(H,41,42). The van der Waals surface area contributed by atoms with E-state index in [0.29, 0.717) is 35.9 Å². The molecule has 2 aromatic carbocycles. The fraction of sp³-hybridized carbons (Fsp3) is 0.417. The van der Waals surface area contributed by atoms with E-state index in [2.05, 4.69) is 36.5 Å². The molecule has 1 N–H and O–H groups in total. The molecular weight excluding hydrogens is 620 g/mol. The van der Waals surface area contributed by atoms with Gasteiger partial charge < -0.3 is 10.1 Å². The largest absolute Gasteiger partial charge is 0.376 e. The third kappa shape index (κ3) is 7.29. The quantitative estimate of drug-likeness (QED) is 0.287. The maximum Gasteiger partial charge on any atom is 0.223 e. The first kappa shape index (κ1) is 32.4. The first-order valence-electron chi connectivity index (χ1n) is 15.0. The highest BCUT2D eigenvalue weighted by atomic mass is 35.5. The minimum Gasteiger partial charge on any atom is -0.376 e. The van der Waals surface area contributed by atoms with Crippen molar-refractivity contribution in [2.45, 2.75) is 73.3 Å². The maximum absolute atomic E-state index is 13.7. The van der Waals surface area contributed by atoms with Crippen LogP contribution in [0.4, 0.5) is 0 Å². The first-order valence-corrected chi connectivity index (χ1v) is 16.5. The van der Waals surface area contributed by atoms with Crippen LogP contribution in [0.1, 0.15) is 63.0 Å². The number of alkyl halides is 2. The third-order valence-corrected chi connectivity index (χ3v) is 10.8. The number of carbonyl (C=O) groups excluding carboxylic acids is 1. The van der Waals surface area contributed by atoms with Gasteiger partial charge in [0.2, 0.25) is 5.91 Å². The van der Waals surface area contributed by atoms with E-state index in [1.807, 2.05) is 86.7 Å². The van der Waals surface area contributed by atoms with Crippen molar-refractivity contribution in [3.63, 3.8) is 0 Å². The van der Waals surface area contributed by atoms with E-state index >= 15 is 0 Å². The van der Waals surface area contributed by atoms with Crippen LogP contribution in [-0.2, 0) is 9.53 Å². The lowest BCUT2D eigenvalue weighted by Gasteiger charge is -2.47. The fourth-order valence-corrected chi connectivity index (χ4v) is 8.11. The number of amides is 1. The predicted molar refractivity (Wildman–Crippen MR) is 181 cm³/mol. The number of rotatable bonds is 8. The Balaban J connectivity index is 1.52. The van der Waals surface area contributed by atoms with E-state index in [4.69, 9.17) is 51.1 Å². The lowest BCUT2D eigenvalue weighted by Crippen LogP contribution is -2.53. The van der Waals surface area contributed by atoms with Crippen molar-refractivity contribution in [3.8, 4) is 0 Å². The molecule has 1 amide bonds. The fourth-order valence-electron chi connectivity index (χ4n) is 6.88. The van der Waals surface area contributed by atoms with Crippen molar-refractivity contribution in [2.75, 3.05) is 6.61 Å². The molecule has 228 valence electrons. The Morgan fingerprint density at radius 1 is 0.884 bits per heavy atom. The number of nitrogens with one attached hydrogen (secondary N) is 1. The molecule has 0 saturated carbocycles. The lowest BCUT2D eigenvalue weighted by atomic mass is 9.66. The topological polar surface area (TPSA) is 38.3 Å². The molecule has 0 radical (unpaired) electrons. The molecular formula is C36H39Cl4NO2. The van der Waals surface area contributed by atoms with Gasteiger partial charge in [0.25, 0.3) is 0 Å². The van der Waals surface area contributed by atoms with Crippen LogP contribution < -0.4 is 5.32 Å². The van der Waals surface area contributed by atoms with Crippen molar-refractivity contribution in [1.29, 1.82) is 0 Å². The molecule has 7 heteroatoms. The number of benzene rings is 2. The molecule has 0 bridgehead atoms. The van der Waals surface area contributed by atoms with Crippen molar-refractivity contribution < 1.29 is 9.53 Å². The van der Waals surface area contributed by atoms with Gasteiger partial charge in [0.1, 0.15) is 0 Å². The summed E-state index contributed by atoms with van der Waals surface area (Å²) >= 11 is 28.0. The predicted octanol–water partition coefficient (Wildman–Crippen LogP) is 9.78. The summed E-state index contributed by atoms with van der Waals surface area (Å²) in [6.07, 6.45) is 18.3. The van der Waals surface area contributed by atoms with E-state index in [1.165, 1.54) is 0 Å². The maximum atomic E-state index is 13.7. The van der Waals surface area contributed by atoms with Gasteiger partial charge in [0, 0.05) is 46.4 Å². The molecule has 1 heterocycles. The van der Waals surface area contributed by atoms with Crippen molar-refractivity contribution in [3.05, 3.63) is 118 Å². The van der Waals surface area contributed by atoms with Crippen molar-refractivity contribution >= 4 is 52.3 Å². The minimum absolute atomic E-state index is 0.0319. The zero-order valence-electron chi connectivity index (χ0n) is 24.8. The van der Waals surface area contributed by atoms with Gasteiger partial charge in [-0.05, 0) is 75.4 Å². The van der Waals surface area contributed by atoms with Crippen molar-refractivity contribution in [2.24, 2.45) is 11.8 Å². The van der Waals surface area contributed by atoms with Gasteiger partial charge in [-0.15, -0.1) is 23.2 Å². The van der Waals surface area contributed by atoms with Crippen LogP contribution in [0.2, 0.25) is 10.0 Å². The molecule has 1 saturated heterocycles. The third-order valence-electron chi connectivity index (χ3n) is 9.15. The molecule has 43 heavy (non-hydrogen) atoms.